The summed E-state index contributed by atoms with van der Waals surface area (Å²) in [4.78, 5) is 37.7. The predicted molar refractivity (Wildman–Crippen MR) is 247 cm³/mol. The fraction of sp³-hybridized carbons (Fsp3) is 0.788. The Morgan fingerprint density at radius 1 is 0.379 bits per heavy atom. The van der Waals surface area contributed by atoms with E-state index in [-0.39, 0.29) is 31.6 Å². The first kappa shape index (κ1) is 55.4. The van der Waals surface area contributed by atoms with Crippen molar-refractivity contribution in [2.45, 2.75) is 252 Å². The molecule has 0 aromatic heterocycles. The van der Waals surface area contributed by atoms with Crippen LogP contribution in [0.1, 0.15) is 245 Å². The van der Waals surface area contributed by atoms with Gasteiger partial charge in [0.15, 0.2) is 6.10 Å². The first-order chi connectivity index (χ1) is 28.5. The van der Waals surface area contributed by atoms with E-state index in [4.69, 9.17) is 14.2 Å². The summed E-state index contributed by atoms with van der Waals surface area (Å²) in [6, 6.07) is 0. The van der Waals surface area contributed by atoms with Gasteiger partial charge in [0.2, 0.25) is 0 Å². The van der Waals surface area contributed by atoms with Gasteiger partial charge in [0.1, 0.15) is 13.2 Å². The van der Waals surface area contributed by atoms with Crippen molar-refractivity contribution >= 4 is 17.9 Å². The maximum absolute atomic E-state index is 12.7. The van der Waals surface area contributed by atoms with Crippen LogP contribution in [0.25, 0.3) is 0 Å². The lowest BCUT2D eigenvalue weighted by Crippen LogP contribution is -2.30. The molecule has 0 amide bonds. The molecule has 0 aliphatic rings. The van der Waals surface area contributed by atoms with Gasteiger partial charge >= 0.3 is 17.9 Å². The second-order valence-corrected chi connectivity index (χ2v) is 16.4. The highest BCUT2D eigenvalue weighted by Crippen LogP contribution is 2.15. The lowest BCUT2D eigenvalue weighted by atomic mass is 10.0. The smallest absolute Gasteiger partial charge is 0.309 e. The highest BCUT2D eigenvalue weighted by Gasteiger charge is 2.19. The van der Waals surface area contributed by atoms with Gasteiger partial charge in [-0.25, -0.2) is 0 Å². The summed E-state index contributed by atoms with van der Waals surface area (Å²) in [6.07, 6.45) is 55.6. The molecule has 0 heterocycles. The van der Waals surface area contributed by atoms with E-state index in [2.05, 4.69) is 57.2 Å². The van der Waals surface area contributed by atoms with Crippen LogP contribution < -0.4 is 0 Å². The van der Waals surface area contributed by atoms with E-state index in [0.29, 0.717) is 12.8 Å². The third-order valence-corrected chi connectivity index (χ3v) is 10.6. The first-order valence-electron chi connectivity index (χ1n) is 24.6. The highest BCUT2D eigenvalue weighted by molar-refractivity contribution is 5.72. The molecule has 1 unspecified atom stereocenters. The van der Waals surface area contributed by atoms with Crippen LogP contribution in [0.5, 0.6) is 0 Å². The van der Waals surface area contributed by atoms with Gasteiger partial charge in [0.25, 0.3) is 0 Å². The van der Waals surface area contributed by atoms with Crippen LogP contribution in [-0.2, 0) is 28.6 Å². The van der Waals surface area contributed by atoms with Crippen LogP contribution in [-0.4, -0.2) is 37.2 Å². The van der Waals surface area contributed by atoms with Crippen molar-refractivity contribution in [1.29, 1.82) is 0 Å². The molecule has 0 aromatic rings. The molecular formula is C52H92O6. The highest BCUT2D eigenvalue weighted by atomic mass is 16.6. The number of esters is 3. The molecule has 58 heavy (non-hydrogen) atoms. The minimum Gasteiger partial charge on any atom is -0.462 e. The van der Waals surface area contributed by atoms with Gasteiger partial charge in [-0.2, -0.15) is 0 Å². The Bertz CT molecular complexity index is 1030. The summed E-state index contributed by atoms with van der Waals surface area (Å²) in [5, 5.41) is 0. The summed E-state index contributed by atoms with van der Waals surface area (Å²) < 4.78 is 16.6. The predicted octanol–water partition coefficient (Wildman–Crippen LogP) is 15.9. The van der Waals surface area contributed by atoms with Crippen LogP contribution in [0.3, 0.4) is 0 Å². The zero-order valence-electron chi connectivity index (χ0n) is 38.3. The average molecular weight is 813 g/mol. The van der Waals surface area contributed by atoms with Crippen molar-refractivity contribution in [1.82, 2.24) is 0 Å². The Hall–Kier alpha value is -2.63. The van der Waals surface area contributed by atoms with Crippen LogP contribution >= 0.6 is 0 Å². The first-order valence-corrected chi connectivity index (χ1v) is 24.6. The number of hydrogen-bond donors (Lipinski definition) is 0. The molecule has 0 saturated heterocycles. The molecule has 0 spiro atoms. The van der Waals surface area contributed by atoms with Crippen molar-refractivity contribution < 1.29 is 28.6 Å². The fourth-order valence-electron chi connectivity index (χ4n) is 6.91. The molecular weight excluding hydrogens is 721 g/mol. The van der Waals surface area contributed by atoms with Crippen LogP contribution in [0.2, 0.25) is 0 Å². The van der Waals surface area contributed by atoms with E-state index in [1.807, 2.05) is 6.08 Å². The molecule has 0 saturated carbocycles. The molecule has 336 valence electrons. The molecule has 0 N–H and O–H groups in total. The summed E-state index contributed by atoms with van der Waals surface area (Å²) in [5.74, 6) is -1.03. The van der Waals surface area contributed by atoms with E-state index in [1.165, 1.54) is 148 Å². The van der Waals surface area contributed by atoms with Gasteiger partial charge in [-0.1, -0.05) is 217 Å². The molecule has 0 fully saturated rings. The maximum atomic E-state index is 12.7. The van der Waals surface area contributed by atoms with E-state index in [0.717, 1.165) is 57.8 Å². The Morgan fingerprint density at radius 2 is 0.741 bits per heavy atom. The van der Waals surface area contributed by atoms with Gasteiger partial charge in [-0.15, -0.1) is 0 Å². The van der Waals surface area contributed by atoms with Crippen molar-refractivity contribution in [2.24, 2.45) is 0 Å². The number of hydrogen-bond acceptors (Lipinski definition) is 6. The molecule has 0 bridgehead atoms. The maximum Gasteiger partial charge on any atom is 0.309 e. The largest absolute Gasteiger partial charge is 0.462 e. The number of carbonyl (C=O) groups is 3. The second-order valence-electron chi connectivity index (χ2n) is 16.4. The zero-order chi connectivity index (χ0) is 42.3. The number of carbonyl (C=O) groups excluding carboxylic acids is 3. The number of ether oxygens (including phenoxy) is 3. The van der Waals surface area contributed by atoms with Crippen molar-refractivity contribution in [3.63, 3.8) is 0 Å². The minimum atomic E-state index is -0.806. The number of unbranched alkanes of at least 4 members (excludes halogenated alkanes) is 26. The second kappa shape index (κ2) is 47.1. The van der Waals surface area contributed by atoms with Crippen LogP contribution in [0.4, 0.5) is 0 Å². The Morgan fingerprint density at radius 3 is 1.21 bits per heavy atom. The molecule has 0 aromatic carbocycles. The van der Waals surface area contributed by atoms with E-state index < -0.39 is 12.1 Å². The van der Waals surface area contributed by atoms with Gasteiger partial charge < -0.3 is 14.2 Å². The van der Waals surface area contributed by atoms with E-state index >= 15 is 0 Å². The van der Waals surface area contributed by atoms with Crippen molar-refractivity contribution in [3.8, 4) is 0 Å². The minimum absolute atomic E-state index is 0.0993. The lowest BCUT2D eigenvalue weighted by Gasteiger charge is -2.18. The van der Waals surface area contributed by atoms with Crippen molar-refractivity contribution in [3.05, 3.63) is 48.6 Å². The molecule has 0 aliphatic heterocycles. The monoisotopic (exact) mass is 813 g/mol. The van der Waals surface area contributed by atoms with Crippen LogP contribution in [0.15, 0.2) is 48.6 Å². The molecule has 0 aliphatic carbocycles. The number of rotatable bonds is 44. The van der Waals surface area contributed by atoms with Crippen LogP contribution in [0, 0.1) is 0 Å². The third-order valence-electron chi connectivity index (χ3n) is 10.6. The SMILES string of the molecule is CC/C=C\C/C=C\C/C=C\CC(=O)OCC(COC(=O)CCCCCCCCCCCCCCCCCC)OC(=O)CCCCCCCCC/C=C\CCCCCC. The Balaban J connectivity index is 4.36. The van der Waals surface area contributed by atoms with Gasteiger partial charge in [-0.3, -0.25) is 14.4 Å². The van der Waals surface area contributed by atoms with Gasteiger partial charge in [-0.05, 0) is 57.8 Å². The Labute approximate surface area is 358 Å². The molecule has 0 radical (unpaired) electrons. The summed E-state index contributed by atoms with van der Waals surface area (Å²) >= 11 is 0. The Kier molecular flexibility index (Phi) is 44.9. The van der Waals surface area contributed by atoms with Gasteiger partial charge in [0, 0.05) is 12.8 Å². The number of allylic oxidation sites excluding steroid dienone is 7. The van der Waals surface area contributed by atoms with E-state index in [9.17, 15) is 14.4 Å². The summed E-state index contributed by atoms with van der Waals surface area (Å²) in [6.45, 7) is 6.42. The summed E-state index contributed by atoms with van der Waals surface area (Å²) in [5.41, 5.74) is 0. The third kappa shape index (κ3) is 44.5. The molecule has 6 heteroatoms. The molecule has 0 rings (SSSR count). The standard InChI is InChI=1S/C52H92O6/c1-4-7-10-13-16-19-21-23-25-27-28-30-33-36-39-42-45-51(54)57-48-49(47-56-50(53)44-41-38-35-32-18-15-12-9-6-3)58-52(55)46-43-40-37-34-31-29-26-24-22-20-17-14-11-8-5-2/h9,12,18,20,22,32,38,41,49H,4-8,10-11,13-17,19,21,23-31,33-37,39-40,42-48H2,1-3H3/b12-9-,22-20-,32-18-,41-38-. The quantitative estimate of drug-likeness (QED) is 0.0264. The zero-order valence-corrected chi connectivity index (χ0v) is 38.3. The normalized spacial score (nSPS) is 12.4. The molecule has 6 nitrogen and oxygen atoms in total. The summed E-state index contributed by atoms with van der Waals surface area (Å²) in [7, 11) is 0. The lowest BCUT2D eigenvalue weighted by molar-refractivity contribution is -0.166. The fourth-order valence-corrected chi connectivity index (χ4v) is 6.91. The molecule has 1 atom stereocenters. The van der Waals surface area contributed by atoms with E-state index in [1.54, 1.807) is 6.08 Å². The van der Waals surface area contributed by atoms with Crippen molar-refractivity contribution in [2.75, 3.05) is 13.2 Å². The van der Waals surface area contributed by atoms with Gasteiger partial charge in [0.05, 0.1) is 6.42 Å². The average Bonchev–Trinajstić information content (AvgIpc) is 3.22. The topological polar surface area (TPSA) is 78.9 Å².